The molecule has 0 aliphatic carbocycles. The van der Waals surface area contributed by atoms with Gasteiger partial charge in [0.2, 0.25) is 0 Å². The molecule has 0 aliphatic heterocycles. The van der Waals surface area contributed by atoms with Gasteiger partial charge in [-0.1, -0.05) is 13.8 Å². The van der Waals surface area contributed by atoms with Crippen LogP contribution in [0.1, 0.15) is 20.3 Å². The Hall–Kier alpha value is -0.370. The maximum absolute atomic E-state index is 10.1. The summed E-state index contributed by atoms with van der Waals surface area (Å²) in [7, 11) is 0. The molecule has 0 aromatic rings. The Bertz CT molecular complexity index is 63.5. The van der Waals surface area contributed by atoms with E-state index in [2.05, 4.69) is 5.32 Å². The van der Waals surface area contributed by atoms with Crippen molar-refractivity contribution in [2.24, 2.45) is 0 Å². The summed E-state index contributed by atoms with van der Waals surface area (Å²) in [5.41, 5.74) is 0. The molecule has 48 valence electrons. The highest BCUT2D eigenvalue weighted by molar-refractivity contribution is 5.57. The monoisotopic (exact) mass is 115 g/mol. The summed E-state index contributed by atoms with van der Waals surface area (Å²) in [5, 5.41) is 3.01. The van der Waals surface area contributed by atoms with Crippen LogP contribution >= 0.6 is 0 Å². The quantitative estimate of drug-likeness (QED) is 0.543. The van der Waals surface area contributed by atoms with E-state index in [4.69, 9.17) is 0 Å². The third-order valence-electron chi connectivity index (χ3n) is 1.07. The first-order valence-corrected chi connectivity index (χ1v) is 3.03. The molecule has 0 amide bonds. The Morgan fingerprint density at radius 2 is 2.25 bits per heavy atom. The lowest BCUT2D eigenvalue weighted by atomic mass is 10.2. The minimum atomic E-state index is 0.0694. The van der Waals surface area contributed by atoms with Crippen molar-refractivity contribution in [3.8, 4) is 0 Å². The molecule has 0 aliphatic rings. The number of hydrogen-bond acceptors (Lipinski definition) is 2. The summed E-state index contributed by atoms with van der Waals surface area (Å²) in [4.78, 5) is 10.1. The summed E-state index contributed by atoms with van der Waals surface area (Å²) in [6, 6.07) is 0.0694. The van der Waals surface area contributed by atoms with Crippen molar-refractivity contribution in [2.75, 3.05) is 6.54 Å². The van der Waals surface area contributed by atoms with Gasteiger partial charge in [-0.2, -0.15) is 0 Å². The van der Waals surface area contributed by atoms with Crippen molar-refractivity contribution in [2.45, 2.75) is 26.3 Å². The molecule has 0 rings (SSSR count). The van der Waals surface area contributed by atoms with E-state index in [1.165, 1.54) is 0 Å². The molecule has 0 spiro atoms. The van der Waals surface area contributed by atoms with E-state index >= 15 is 0 Å². The van der Waals surface area contributed by atoms with Gasteiger partial charge in [-0.15, -0.1) is 0 Å². The van der Waals surface area contributed by atoms with Gasteiger partial charge in [0.1, 0.15) is 6.29 Å². The fourth-order valence-corrected chi connectivity index (χ4v) is 0.551. The molecule has 2 heteroatoms. The van der Waals surface area contributed by atoms with Gasteiger partial charge in [0, 0.05) is 0 Å². The molecular weight excluding hydrogens is 102 g/mol. The van der Waals surface area contributed by atoms with Crippen molar-refractivity contribution in [3.05, 3.63) is 0 Å². The van der Waals surface area contributed by atoms with Crippen molar-refractivity contribution in [1.82, 2.24) is 5.32 Å². The van der Waals surface area contributed by atoms with Gasteiger partial charge >= 0.3 is 0 Å². The van der Waals surface area contributed by atoms with Gasteiger partial charge < -0.3 is 10.1 Å². The minimum absolute atomic E-state index is 0.0694. The highest BCUT2D eigenvalue weighted by atomic mass is 16.1. The second-order valence-electron chi connectivity index (χ2n) is 1.71. The predicted octanol–water partition coefficient (Wildman–Crippen LogP) is 0.573. The smallest absolute Gasteiger partial charge is 0.136 e. The van der Waals surface area contributed by atoms with Crippen LogP contribution in [0.3, 0.4) is 0 Å². The Labute approximate surface area is 50.3 Å². The molecule has 0 aromatic carbocycles. The van der Waals surface area contributed by atoms with E-state index in [1.807, 2.05) is 13.8 Å². The topological polar surface area (TPSA) is 29.1 Å². The van der Waals surface area contributed by atoms with Crippen LogP contribution in [0.4, 0.5) is 0 Å². The lowest BCUT2D eigenvalue weighted by molar-refractivity contribution is -0.109. The predicted molar refractivity (Wildman–Crippen MR) is 33.8 cm³/mol. The fraction of sp³-hybridized carbons (Fsp3) is 0.833. The number of nitrogens with one attached hydrogen (secondary N) is 1. The van der Waals surface area contributed by atoms with Gasteiger partial charge in [-0.3, -0.25) is 0 Å². The molecule has 0 fully saturated rings. The highest BCUT2D eigenvalue weighted by Crippen LogP contribution is 1.82. The highest BCUT2D eigenvalue weighted by Gasteiger charge is 1.97. The number of hydrogen-bond donors (Lipinski definition) is 1. The van der Waals surface area contributed by atoms with Gasteiger partial charge in [-0.25, -0.2) is 0 Å². The van der Waals surface area contributed by atoms with Crippen molar-refractivity contribution in [1.29, 1.82) is 0 Å². The van der Waals surface area contributed by atoms with Crippen LogP contribution in [-0.2, 0) is 4.79 Å². The molecule has 1 atom stereocenters. The lowest BCUT2D eigenvalue weighted by Crippen LogP contribution is -2.29. The lowest BCUT2D eigenvalue weighted by Gasteiger charge is -2.05. The number of carbonyl (C=O) groups is 1. The second kappa shape index (κ2) is 4.78. The van der Waals surface area contributed by atoms with E-state index in [9.17, 15) is 4.79 Å². The Morgan fingerprint density at radius 1 is 1.62 bits per heavy atom. The Balaban J connectivity index is 3.21. The van der Waals surface area contributed by atoms with Crippen LogP contribution in [0.5, 0.6) is 0 Å². The summed E-state index contributed by atoms with van der Waals surface area (Å²) >= 11 is 0. The minimum Gasteiger partial charge on any atom is -0.308 e. The zero-order valence-corrected chi connectivity index (χ0v) is 5.48. The standard InChI is InChI=1S/C6H13NO/c1-3-6(5-8)7-4-2/h5-7H,3-4H2,1-2H3. The number of carbonyl (C=O) groups excluding carboxylic acids is 1. The van der Waals surface area contributed by atoms with E-state index in [1.54, 1.807) is 0 Å². The zero-order valence-electron chi connectivity index (χ0n) is 5.48. The average molecular weight is 115 g/mol. The van der Waals surface area contributed by atoms with E-state index in [0.717, 1.165) is 19.3 Å². The van der Waals surface area contributed by atoms with Crippen LogP contribution in [0.15, 0.2) is 0 Å². The van der Waals surface area contributed by atoms with Gasteiger partial charge in [0.25, 0.3) is 0 Å². The number of rotatable bonds is 4. The molecule has 0 radical (unpaired) electrons. The van der Waals surface area contributed by atoms with Gasteiger partial charge in [0.05, 0.1) is 6.04 Å². The molecule has 0 heterocycles. The van der Waals surface area contributed by atoms with E-state index in [0.29, 0.717) is 0 Å². The SMILES string of the molecule is CCNC(C=O)CC. The van der Waals surface area contributed by atoms with Crippen LogP contribution < -0.4 is 5.32 Å². The molecule has 0 saturated heterocycles. The van der Waals surface area contributed by atoms with Gasteiger partial charge in [-0.05, 0) is 13.0 Å². The molecule has 2 nitrogen and oxygen atoms in total. The van der Waals surface area contributed by atoms with Crippen molar-refractivity contribution >= 4 is 6.29 Å². The summed E-state index contributed by atoms with van der Waals surface area (Å²) in [6.45, 7) is 4.85. The Kier molecular flexibility index (Phi) is 4.56. The number of aldehydes is 1. The van der Waals surface area contributed by atoms with Gasteiger partial charge in [0.15, 0.2) is 0 Å². The van der Waals surface area contributed by atoms with E-state index < -0.39 is 0 Å². The van der Waals surface area contributed by atoms with Crippen LogP contribution in [-0.4, -0.2) is 18.9 Å². The largest absolute Gasteiger partial charge is 0.308 e. The molecule has 0 saturated carbocycles. The number of likely N-dealkylation sites (N-methyl/N-ethyl adjacent to an activating group) is 1. The van der Waals surface area contributed by atoms with Crippen LogP contribution in [0.25, 0.3) is 0 Å². The summed E-state index contributed by atoms with van der Waals surface area (Å²) in [6.07, 6.45) is 1.83. The normalized spacial score (nSPS) is 13.2. The van der Waals surface area contributed by atoms with Crippen molar-refractivity contribution < 1.29 is 4.79 Å². The molecular formula is C6H13NO. The second-order valence-corrected chi connectivity index (χ2v) is 1.71. The van der Waals surface area contributed by atoms with Crippen LogP contribution in [0.2, 0.25) is 0 Å². The maximum atomic E-state index is 10.1. The maximum Gasteiger partial charge on any atom is 0.136 e. The summed E-state index contributed by atoms with van der Waals surface area (Å²) in [5.74, 6) is 0. The molecule has 0 bridgehead atoms. The average Bonchev–Trinajstić information content (AvgIpc) is 1.83. The zero-order chi connectivity index (χ0) is 6.41. The third kappa shape index (κ3) is 2.75. The first kappa shape index (κ1) is 7.63. The first-order chi connectivity index (χ1) is 3.85. The third-order valence-corrected chi connectivity index (χ3v) is 1.07. The molecule has 8 heavy (non-hydrogen) atoms. The summed E-state index contributed by atoms with van der Waals surface area (Å²) < 4.78 is 0. The van der Waals surface area contributed by atoms with E-state index in [-0.39, 0.29) is 6.04 Å². The molecule has 1 unspecified atom stereocenters. The fourth-order valence-electron chi connectivity index (χ4n) is 0.551. The first-order valence-electron chi connectivity index (χ1n) is 3.03. The molecule has 1 N–H and O–H groups in total. The Morgan fingerprint density at radius 3 is 2.38 bits per heavy atom. The molecule has 0 aromatic heterocycles. The van der Waals surface area contributed by atoms with Crippen molar-refractivity contribution in [3.63, 3.8) is 0 Å². The van der Waals surface area contributed by atoms with Crippen LogP contribution in [0, 0.1) is 0 Å².